The first kappa shape index (κ1) is 10.7. The molecule has 0 unspecified atom stereocenters. The Bertz CT molecular complexity index is 547. The second-order valence-corrected chi connectivity index (χ2v) is 4.14. The smallest absolute Gasteiger partial charge is 0.138 e. The lowest BCUT2D eigenvalue weighted by Gasteiger charge is -2.07. The van der Waals surface area contributed by atoms with Gasteiger partial charge in [0.1, 0.15) is 5.65 Å². The molecule has 0 amide bonds. The number of hydrogen-bond acceptors (Lipinski definition) is 1. The van der Waals surface area contributed by atoms with Crippen molar-refractivity contribution in [3.8, 4) is 0 Å². The molecule has 0 saturated carbocycles. The van der Waals surface area contributed by atoms with Crippen LogP contribution in [0.1, 0.15) is 36.6 Å². The molecule has 0 aliphatic carbocycles. The fourth-order valence-electron chi connectivity index (χ4n) is 2.04. The van der Waals surface area contributed by atoms with Gasteiger partial charge in [-0.25, -0.2) is 4.98 Å². The molecule has 2 aromatic heterocycles. The van der Waals surface area contributed by atoms with Crippen LogP contribution in [-0.4, -0.2) is 9.97 Å². The van der Waals surface area contributed by atoms with Gasteiger partial charge in [-0.2, -0.15) is 0 Å². The minimum atomic E-state index is 0.470. The van der Waals surface area contributed by atoms with Crippen molar-refractivity contribution in [2.24, 2.45) is 0 Å². The highest BCUT2D eigenvalue weighted by Gasteiger charge is 2.13. The monoisotopic (exact) mass is 212 g/mol. The summed E-state index contributed by atoms with van der Waals surface area (Å²) in [6.45, 7) is 12.0. The fourth-order valence-corrected chi connectivity index (χ4v) is 2.04. The van der Waals surface area contributed by atoms with Crippen molar-refractivity contribution in [1.82, 2.24) is 9.97 Å². The van der Waals surface area contributed by atoms with Crippen LogP contribution in [0.2, 0.25) is 0 Å². The molecule has 2 rings (SSSR count). The van der Waals surface area contributed by atoms with E-state index in [1.54, 1.807) is 0 Å². The molecule has 16 heavy (non-hydrogen) atoms. The van der Waals surface area contributed by atoms with Gasteiger partial charge in [0.25, 0.3) is 0 Å². The highest BCUT2D eigenvalue weighted by atomic mass is 14.9. The van der Waals surface area contributed by atoms with E-state index in [4.69, 9.17) is 0 Å². The molecule has 0 spiro atoms. The quantitative estimate of drug-likeness (QED) is 0.819. The Morgan fingerprint density at radius 3 is 2.62 bits per heavy atom. The van der Waals surface area contributed by atoms with E-state index in [9.17, 15) is 0 Å². The number of nitrogens with one attached hydrogen (secondary N) is 1. The van der Waals surface area contributed by atoms with E-state index in [-0.39, 0.29) is 0 Å². The molecule has 82 valence electrons. The third kappa shape index (κ3) is 1.47. The molecule has 0 saturated heterocycles. The first-order valence-corrected chi connectivity index (χ1v) is 5.44. The second-order valence-electron chi connectivity index (χ2n) is 4.14. The summed E-state index contributed by atoms with van der Waals surface area (Å²) in [5.41, 5.74) is 4.30. The standard InChI is InChI=1S/C14H16N2/c1-5-10-12(6-2)16-14-13(10)11(9(3)4)7-8-15-14/h5-9H,1-2H2,3-4H3,(H,15,16). The van der Waals surface area contributed by atoms with Gasteiger partial charge < -0.3 is 4.98 Å². The normalized spacial score (nSPS) is 10.9. The maximum Gasteiger partial charge on any atom is 0.138 e. The van der Waals surface area contributed by atoms with Crippen molar-refractivity contribution in [3.05, 3.63) is 42.2 Å². The predicted molar refractivity (Wildman–Crippen MR) is 70.4 cm³/mol. The van der Waals surface area contributed by atoms with Gasteiger partial charge in [-0.05, 0) is 23.6 Å². The number of rotatable bonds is 3. The van der Waals surface area contributed by atoms with Crippen LogP contribution in [0.3, 0.4) is 0 Å². The number of fused-ring (bicyclic) bond motifs is 1. The first-order valence-electron chi connectivity index (χ1n) is 5.44. The molecule has 0 bridgehead atoms. The predicted octanol–water partition coefficient (Wildman–Crippen LogP) is 3.97. The van der Waals surface area contributed by atoms with Crippen LogP contribution >= 0.6 is 0 Å². The topological polar surface area (TPSA) is 28.7 Å². The van der Waals surface area contributed by atoms with E-state index in [0.29, 0.717) is 5.92 Å². The summed E-state index contributed by atoms with van der Waals surface area (Å²) in [6.07, 6.45) is 5.51. The first-order chi connectivity index (χ1) is 7.69. The van der Waals surface area contributed by atoms with Gasteiger partial charge in [0.2, 0.25) is 0 Å². The molecule has 1 N–H and O–H groups in total. The molecular formula is C14H16N2. The number of nitrogens with zero attached hydrogens (tertiary/aromatic N) is 1. The van der Waals surface area contributed by atoms with Gasteiger partial charge >= 0.3 is 0 Å². The Morgan fingerprint density at radius 2 is 2.06 bits per heavy atom. The van der Waals surface area contributed by atoms with Crippen molar-refractivity contribution in [2.45, 2.75) is 19.8 Å². The SMILES string of the molecule is C=Cc1[nH]c2nccc(C(C)C)c2c1C=C. The van der Waals surface area contributed by atoms with Crippen LogP contribution in [0, 0.1) is 0 Å². The van der Waals surface area contributed by atoms with Gasteiger partial charge in [-0.15, -0.1) is 0 Å². The van der Waals surface area contributed by atoms with E-state index in [1.165, 1.54) is 10.9 Å². The highest BCUT2D eigenvalue weighted by molar-refractivity contribution is 5.93. The number of H-pyrrole nitrogens is 1. The van der Waals surface area contributed by atoms with Crippen molar-refractivity contribution < 1.29 is 0 Å². The zero-order valence-corrected chi connectivity index (χ0v) is 9.75. The van der Waals surface area contributed by atoms with E-state index < -0.39 is 0 Å². The Morgan fingerprint density at radius 1 is 1.31 bits per heavy atom. The largest absolute Gasteiger partial charge is 0.339 e. The van der Waals surface area contributed by atoms with Crippen LogP contribution < -0.4 is 0 Å². The molecule has 2 heteroatoms. The molecule has 0 aliphatic heterocycles. The number of pyridine rings is 1. The number of aromatic nitrogens is 2. The van der Waals surface area contributed by atoms with Gasteiger partial charge in [-0.3, -0.25) is 0 Å². The highest BCUT2D eigenvalue weighted by Crippen LogP contribution is 2.30. The number of aromatic amines is 1. The van der Waals surface area contributed by atoms with Crippen molar-refractivity contribution in [2.75, 3.05) is 0 Å². The van der Waals surface area contributed by atoms with Crippen molar-refractivity contribution >= 4 is 23.2 Å². The summed E-state index contributed by atoms with van der Waals surface area (Å²) < 4.78 is 0. The molecule has 0 radical (unpaired) electrons. The molecule has 2 nitrogen and oxygen atoms in total. The third-order valence-corrected chi connectivity index (χ3v) is 2.83. The lowest BCUT2D eigenvalue weighted by Crippen LogP contribution is -1.90. The number of hydrogen-bond donors (Lipinski definition) is 1. The summed E-state index contributed by atoms with van der Waals surface area (Å²) in [7, 11) is 0. The van der Waals surface area contributed by atoms with Crippen LogP contribution in [0.25, 0.3) is 23.2 Å². The molecule has 0 fully saturated rings. The van der Waals surface area contributed by atoms with E-state index in [0.717, 1.165) is 16.9 Å². The molecule has 2 heterocycles. The van der Waals surface area contributed by atoms with Crippen LogP contribution in [0.5, 0.6) is 0 Å². The van der Waals surface area contributed by atoms with Crippen LogP contribution in [0.4, 0.5) is 0 Å². The average molecular weight is 212 g/mol. The zero-order chi connectivity index (χ0) is 11.7. The van der Waals surface area contributed by atoms with Gasteiger partial charge in [0, 0.05) is 22.8 Å². The summed E-state index contributed by atoms with van der Waals surface area (Å²) in [6, 6.07) is 2.07. The third-order valence-electron chi connectivity index (χ3n) is 2.83. The Labute approximate surface area is 95.7 Å². The minimum absolute atomic E-state index is 0.470. The summed E-state index contributed by atoms with van der Waals surface area (Å²) in [5.74, 6) is 0.470. The molecular weight excluding hydrogens is 196 g/mol. The molecule has 2 aromatic rings. The van der Waals surface area contributed by atoms with Crippen molar-refractivity contribution in [1.29, 1.82) is 0 Å². The second kappa shape index (κ2) is 3.97. The summed E-state index contributed by atoms with van der Waals surface area (Å²) in [4.78, 5) is 7.61. The minimum Gasteiger partial charge on any atom is -0.339 e. The lowest BCUT2D eigenvalue weighted by molar-refractivity contribution is 0.874. The van der Waals surface area contributed by atoms with Gasteiger partial charge in [0.15, 0.2) is 0 Å². The van der Waals surface area contributed by atoms with Gasteiger partial charge in [-0.1, -0.05) is 33.1 Å². The Hall–Kier alpha value is -1.83. The molecule has 0 atom stereocenters. The zero-order valence-electron chi connectivity index (χ0n) is 9.75. The summed E-state index contributed by atoms with van der Waals surface area (Å²) in [5, 5.41) is 1.17. The maximum atomic E-state index is 4.35. The average Bonchev–Trinajstić information content (AvgIpc) is 2.65. The van der Waals surface area contributed by atoms with Crippen LogP contribution in [-0.2, 0) is 0 Å². The fraction of sp³-hybridized carbons (Fsp3) is 0.214. The van der Waals surface area contributed by atoms with Crippen molar-refractivity contribution in [3.63, 3.8) is 0 Å². The van der Waals surface area contributed by atoms with E-state index in [1.807, 2.05) is 18.3 Å². The van der Waals surface area contributed by atoms with E-state index >= 15 is 0 Å². The maximum absolute atomic E-state index is 4.35. The summed E-state index contributed by atoms with van der Waals surface area (Å²) >= 11 is 0. The van der Waals surface area contributed by atoms with E-state index in [2.05, 4.69) is 43.0 Å². The van der Waals surface area contributed by atoms with Crippen LogP contribution in [0.15, 0.2) is 25.4 Å². The lowest BCUT2D eigenvalue weighted by atomic mass is 9.98. The van der Waals surface area contributed by atoms with Gasteiger partial charge in [0.05, 0.1) is 0 Å². The Kier molecular flexibility index (Phi) is 2.65. The molecule has 0 aliphatic rings. The Balaban J connectivity index is 2.89. The molecule has 0 aromatic carbocycles.